The predicted molar refractivity (Wildman–Crippen MR) is 92.4 cm³/mol. The minimum Gasteiger partial charge on any atom is -0.493 e. The lowest BCUT2D eigenvalue weighted by Gasteiger charge is -2.13. The third-order valence-corrected chi connectivity index (χ3v) is 3.75. The van der Waals surface area contributed by atoms with Crippen LogP contribution in [-0.4, -0.2) is 27.4 Å². The standard InChI is InChI=1S/C18H22ClNO3/c1-21-10-9-20-12-14-7-8-17(18(11-14)22-2)23-13-15-5-3-4-6-16(15)19/h3-8,11,20H,9-10,12-13H2,1-2H3. The molecule has 0 fully saturated rings. The summed E-state index contributed by atoms with van der Waals surface area (Å²) < 4.78 is 16.3. The minimum atomic E-state index is 0.404. The molecule has 124 valence electrons. The summed E-state index contributed by atoms with van der Waals surface area (Å²) in [7, 11) is 3.33. The van der Waals surface area contributed by atoms with E-state index in [2.05, 4.69) is 5.32 Å². The molecular weight excluding hydrogens is 314 g/mol. The Labute approximate surface area is 142 Å². The van der Waals surface area contributed by atoms with Gasteiger partial charge in [0.2, 0.25) is 0 Å². The molecule has 0 saturated heterocycles. The van der Waals surface area contributed by atoms with Crippen LogP contribution in [0.1, 0.15) is 11.1 Å². The Hall–Kier alpha value is -1.75. The smallest absolute Gasteiger partial charge is 0.161 e. The van der Waals surface area contributed by atoms with E-state index in [0.717, 1.165) is 24.2 Å². The van der Waals surface area contributed by atoms with Crippen molar-refractivity contribution in [2.75, 3.05) is 27.4 Å². The summed E-state index contributed by atoms with van der Waals surface area (Å²) in [5.74, 6) is 1.41. The van der Waals surface area contributed by atoms with Crippen LogP contribution in [0.4, 0.5) is 0 Å². The van der Waals surface area contributed by atoms with Gasteiger partial charge in [0.25, 0.3) is 0 Å². The molecule has 23 heavy (non-hydrogen) atoms. The lowest BCUT2D eigenvalue weighted by Crippen LogP contribution is -2.18. The highest BCUT2D eigenvalue weighted by atomic mass is 35.5. The van der Waals surface area contributed by atoms with Gasteiger partial charge < -0.3 is 19.5 Å². The number of rotatable bonds is 9. The van der Waals surface area contributed by atoms with Gasteiger partial charge in [0.15, 0.2) is 11.5 Å². The molecule has 0 aliphatic rings. The average molecular weight is 336 g/mol. The van der Waals surface area contributed by atoms with Gasteiger partial charge in [0.1, 0.15) is 6.61 Å². The zero-order valence-corrected chi connectivity index (χ0v) is 14.2. The van der Waals surface area contributed by atoms with Crippen molar-refractivity contribution in [3.8, 4) is 11.5 Å². The highest BCUT2D eigenvalue weighted by Gasteiger charge is 2.07. The molecule has 1 N–H and O–H groups in total. The summed E-state index contributed by atoms with van der Waals surface area (Å²) in [6, 6.07) is 13.6. The normalized spacial score (nSPS) is 10.6. The molecule has 2 aromatic carbocycles. The van der Waals surface area contributed by atoms with Gasteiger partial charge in [-0.15, -0.1) is 0 Å². The minimum absolute atomic E-state index is 0.404. The van der Waals surface area contributed by atoms with Crippen LogP contribution >= 0.6 is 11.6 Å². The molecule has 0 amide bonds. The number of benzene rings is 2. The maximum absolute atomic E-state index is 6.14. The van der Waals surface area contributed by atoms with E-state index >= 15 is 0 Å². The second kappa shape index (κ2) is 9.40. The first-order valence-electron chi connectivity index (χ1n) is 7.47. The highest BCUT2D eigenvalue weighted by Crippen LogP contribution is 2.29. The monoisotopic (exact) mass is 335 g/mol. The van der Waals surface area contributed by atoms with Gasteiger partial charge in [-0.05, 0) is 23.8 Å². The van der Waals surface area contributed by atoms with Crippen LogP contribution in [0.5, 0.6) is 11.5 Å². The first kappa shape index (κ1) is 17.6. The van der Waals surface area contributed by atoms with E-state index in [1.807, 2.05) is 42.5 Å². The zero-order chi connectivity index (χ0) is 16.5. The van der Waals surface area contributed by atoms with Crippen LogP contribution in [0.15, 0.2) is 42.5 Å². The van der Waals surface area contributed by atoms with E-state index in [4.69, 9.17) is 25.8 Å². The number of ether oxygens (including phenoxy) is 3. The van der Waals surface area contributed by atoms with E-state index in [0.29, 0.717) is 29.7 Å². The quantitative estimate of drug-likeness (QED) is 0.710. The molecule has 0 spiro atoms. The van der Waals surface area contributed by atoms with Gasteiger partial charge in [-0.3, -0.25) is 0 Å². The number of methoxy groups -OCH3 is 2. The lowest BCUT2D eigenvalue weighted by molar-refractivity contribution is 0.199. The number of halogens is 1. The van der Waals surface area contributed by atoms with Crippen LogP contribution in [0, 0.1) is 0 Å². The van der Waals surface area contributed by atoms with E-state index in [1.54, 1.807) is 14.2 Å². The van der Waals surface area contributed by atoms with Crippen molar-refractivity contribution in [1.82, 2.24) is 5.32 Å². The summed E-state index contributed by atoms with van der Waals surface area (Å²) in [5, 5.41) is 4.00. The van der Waals surface area contributed by atoms with E-state index in [9.17, 15) is 0 Å². The Balaban J connectivity index is 1.97. The molecule has 0 radical (unpaired) electrons. The van der Waals surface area contributed by atoms with Gasteiger partial charge in [-0.1, -0.05) is 35.9 Å². The number of hydrogen-bond donors (Lipinski definition) is 1. The summed E-state index contributed by atoms with van der Waals surface area (Å²) >= 11 is 6.14. The van der Waals surface area contributed by atoms with Crippen molar-refractivity contribution >= 4 is 11.6 Å². The van der Waals surface area contributed by atoms with Gasteiger partial charge in [-0.2, -0.15) is 0 Å². The first-order chi connectivity index (χ1) is 11.2. The summed E-state index contributed by atoms with van der Waals surface area (Å²) in [6.45, 7) is 2.66. The molecule has 0 atom stereocenters. The van der Waals surface area contributed by atoms with Crippen molar-refractivity contribution in [2.24, 2.45) is 0 Å². The molecule has 0 heterocycles. The second-order valence-corrected chi connectivity index (χ2v) is 5.44. The fraction of sp³-hybridized carbons (Fsp3) is 0.333. The maximum Gasteiger partial charge on any atom is 0.161 e. The van der Waals surface area contributed by atoms with Crippen molar-refractivity contribution in [3.63, 3.8) is 0 Å². The fourth-order valence-electron chi connectivity index (χ4n) is 2.12. The summed E-state index contributed by atoms with van der Waals surface area (Å²) in [6.07, 6.45) is 0. The maximum atomic E-state index is 6.14. The third kappa shape index (κ3) is 5.43. The molecule has 0 aromatic heterocycles. The van der Waals surface area contributed by atoms with Crippen molar-refractivity contribution in [3.05, 3.63) is 58.6 Å². The molecule has 5 heteroatoms. The number of hydrogen-bond acceptors (Lipinski definition) is 4. The lowest BCUT2D eigenvalue weighted by atomic mass is 10.2. The molecule has 4 nitrogen and oxygen atoms in total. The Morgan fingerprint density at radius 2 is 1.87 bits per heavy atom. The van der Waals surface area contributed by atoms with E-state index in [1.165, 1.54) is 0 Å². The van der Waals surface area contributed by atoms with Gasteiger partial charge in [0, 0.05) is 30.8 Å². The zero-order valence-electron chi connectivity index (χ0n) is 13.5. The van der Waals surface area contributed by atoms with E-state index < -0.39 is 0 Å². The van der Waals surface area contributed by atoms with Crippen molar-refractivity contribution < 1.29 is 14.2 Å². The van der Waals surface area contributed by atoms with Gasteiger partial charge >= 0.3 is 0 Å². The second-order valence-electron chi connectivity index (χ2n) is 5.03. The topological polar surface area (TPSA) is 39.7 Å². The number of nitrogens with one attached hydrogen (secondary N) is 1. The van der Waals surface area contributed by atoms with Crippen LogP contribution in [0.25, 0.3) is 0 Å². The summed E-state index contributed by atoms with van der Waals surface area (Å²) in [5.41, 5.74) is 2.07. The highest BCUT2D eigenvalue weighted by molar-refractivity contribution is 6.31. The molecular formula is C18H22ClNO3. The van der Waals surface area contributed by atoms with Crippen LogP contribution in [0.3, 0.4) is 0 Å². The van der Waals surface area contributed by atoms with Crippen LogP contribution in [0.2, 0.25) is 5.02 Å². The molecule has 0 bridgehead atoms. The Morgan fingerprint density at radius 3 is 2.61 bits per heavy atom. The largest absolute Gasteiger partial charge is 0.493 e. The Bertz CT molecular complexity index is 619. The molecule has 2 aromatic rings. The molecule has 0 unspecified atom stereocenters. The van der Waals surface area contributed by atoms with Crippen LogP contribution < -0.4 is 14.8 Å². The molecule has 0 aliphatic carbocycles. The van der Waals surface area contributed by atoms with Crippen molar-refractivity contribution in [1.29, 1.82) is 0 Å². The van der Waals surface area contributed by atoms with E-state index in [-0.39, 0.29) is 0 Å². The first-order valence-corrected chi connectivity index (χ1v) is 7.85. The summed E-state index contributed by atoms with van der Waals surface area (Å²) in [4.78, 5) is 0. The molecule has 2 rings (SSSR count). The molecule has 0 aliphatic heterocycles. The fourth-order valence-corrected chi connectivity index (χ4v) is 2.31. The third-order valence-electron chi connectivity index (χ3n) is 3.38. The predicted octanol–water partition coefficient (Wildman–Crippen LogP) is 3.66. The Kier molecular flexibility index (Phi) is 7.20. The SMILES string of the molecule is COCCNCc1ccc(OCc2ccccc2Cl)c(OC)c1. The average Bonchev–Trinajstić information content (AvgIpc) is 2.58. The van der Waals surface area contributed by atoms with Crippen LogP contribution in [-0.2, 0) is 17.9 Å². The van der Waals surface area contributed by atoms with Gasteiger partial charge in [0.05, 0.1) is 13.7 Å². The van der Waals surface area contributed by atoms with Gasteiger partial charge in [-0.25, -0.2) is 0 Å². The Morgan fingerprint density at radius 1 is 1.04 bits per heavy atom. The molecule has 0 saturated carbocycles. The van der Waals surface area contributed by atoms with Crippen molar-refractivity contribution in [2.45, 2.75) is 13.2 Å².